The number of aliphatic hydroxyl groups is 1. The Balaban J connectivity index is 1.11. The molecule has 2 amide bonds. The highest BCUT2D eigenvalue weighted by molar-refractivity contribution is 8.00. The second kappa shape index (κ2) is 9.51. The summed E-state index contributed by atoms with van der Waals surface area (Å²) in [5.41, 5.74) is 2.17. The predicted molar refractivity (Wildman–Crippen MR) is 141 cm³/mol. The molecule has 2 saturated heterocycles. The highest BCUT2D eigenvalue weighted by atomic mass is 32.2. The normalized spacial score (nSPS) is 21.5. The molecule has 3 aliphatic heterocycles. The van der Waals surface area contributed by atoms with Gasteiger partial charge >= 0.3 is 6.09 Å². The van der Waals surface area contributed by atoms with Crippen LogP contribution in [0.4, 0.5) is 16.2 Å². The minimum absolute atomic E-state index is 0.0412. The molecule has 2 fully saturated rings. The zero-order chi connectivity index (χ0) is 25.6. The molecule has 0 aliphatic carbocycles. The Kier molecular flexibility index (Phi) is 6.18. The lowest BCUT2D eigenvalue weighted by Gasteiger charge is -2.39. The summed E-state index contributed by atoms with van der Waals surface area (Å²) in [6.07, 6.45) is 2.22. The maximum absolute atomic E-state index is 12.7. The van der Waals surface area contributed by atoms with E-state index >= 15 is 0 Å². The molecule has 37 heavy (non-hydrogen) atoms. The molecule has 3 aromatic rings. The average molecular weight is 521 g/mol. The fourth-order valence-corrected chi connectivity index (χ4v) is 6.18. The fourth-order valence-electron chi connectivity index (χ4n) is 5.39. The molecule has 10 heteroatoms. The van der Waals surface area contributed by atoms with Crippen LogP contribution < -0.4 is 15.0 Å². The van der Waals surface area contributed by atoms with Crippen LogP contribution in [-0.2, 0) is 15.1 Å². The molecular weight excluding hydrogens is 492 g/mol. The molecule has 0 saturated carbocycles. The van der Waals surface area contributed by atoms with Crippen molar-refractivity contribution in [3.05, 3.63) is 54.2 Å². The van der Waals surface area contributed by atoms with Gasteiger partial charge in [-0.1, -0.05) is 0 Å². The number of hydrogen-bond donors (Lipinski definition) is 2. The van der Waals surface area contributed by atoms with E-state index < -0.39 is 5.60 Å². The first-order valence-electron chi connectivity index (χ1n) is 12.3. The number of methoxy groups -OCH3 is 1. The van der Waals surface area contributed by atoms with E-state index in [1.807, 2.05) is 42.5 Å². The van der Waals surface area contributed by atoms with Crippen LogP contribution >= 0.6 is 11.8 Å². The molecule has 4 heterocycles. The van der Waals surface area contributed by atoms with Crippen LogP contribution in [0, 0.1) is 0 Å². The lowest BCUT2D eigenvalue weighted by atomic mass is 9.82. The number of benzene rings is 2. The highest BCUT2D eigenvalue weighted by Crippen LogP contribution is 2.38. The van der Waals surface area contributed by atoms with Crippen molar-refractivity contribution in [1.82, 2.24) is 9.88 Å². The first kappa shape index (κ1) is 24.0. The van der Waals surface area contributed by atoms with Crippen molar-refractivity contribution in [3.63, 3.8) is 0 Å². The number of ether oxygens (including phenoxy) is 2. The second-order valence-electron chi connectivity index (χ2n) is 9.71. The van der Waals surface area contributed by atoms with Gasteiger partial charge in [-0.05, 0) is 60.9 Å². The van der Waals surface area contributed by atoms with E-state index in [9.17, 15) is 14.7 Å². The second-order valence-corrected chi connectivity index (χ2v) is 10.7. The van der Waals surface area contributed by atoms with Crippen molar-refractivity contribution in [2.24, 2.45) is 0 Å². The third kappa shape index (κ3) is 4.60. The van der Waals surface area contributed by atoms with Gasteiger partial charge in [0, 0.05) is 41.8 Å². The van der Waals surface area contributed by atoms with E-state index in [-0.39, 0.29) is 18.1 Å². The first-order valence-corrected chi connectivity index (χ1v) is 13.3. The van der Waals surface area contributed by atoms with Gasteiger partial charge < -0.3 is 19.9 Å². The van der Waals surface area contributed by atoms with Crippen LogP contribution in [0.2, 0.25) is 0 Å². The van der Waals surface area contributed by atoms with E-state index in [1.165, 1.54) is 11.8 Å². The number of fused-ring (bicyclic) bond motifs is 2. The smallest absolute Gasteiger partial charge is 0.414 e. The minimum atomic E-state index is -0.964. The van der Waals surface area contributed by atoms with E-state index in [4.69, 9.17) is 9.47 Å². The van der Waals surface area contributed by atoms with Crippen LogP contribution in [0.5, 0.6) is 5.75 Å². The Morgan fingerprint density at radius 1 is 1.19 bits per heavy atom. The van der Waals surface area contributed by atoms with E-state index in [0.29, 0.717) is 50.5 Å². The zero-order valence-corrected chi connectivity index (χ0v) is 21.3. The number of carbonyl (C=O) groups is 2. The minimum Gasteiger partial charge on any atom is -0.497 e. The number of nitrogens with zero attached hydrogens (tertiary/aromatic N) is 3. The topological polar surface area (TPSA) is 104 Å². The number of nitrogens with one attached hydrogen (secondary N) is 1. The third-order valence-electron chi connectivity index (χ3n) is 7.38. The zero-order valence-electron chi connectivity index (χ0n) is 20.5. The number of carbonyl (C=O) groups excluding carboxylic acids is 2. The van der Waals surface area contributed by atoms with Crippen LogP contribution in [0.3, 0.4) is 0 Å². The number of anilines is 2. The fraction of sp³-hybridized carbons (Fsp3) is 0.370. The van der Waals surface area contributed by atoms with Gasteiger partial charge in [-0.3, -0.25) is 19.6 Å². The summed E-state index contributed by atoms with van der Waals surface area (Å²) in [5, 5.41) is 15.4. The predicted octanol–water partition coefficient (Wildman–Crippen LogP) is 3.60. The summed E-state index contributed by atoms with van der Waals surface area (Å²) in [4.78, 5) is 33.7. The van der Waals surface area contributed by atoms with Crippen molar-refractivity contribution in [1.29, 1.82) is 0 Å². The van der Waals surface area contributed by atoms with Gasteiger partial charge in [-0.2, -0.15) is 0 Å². The van der Waals surface area contributed by atoms with Crippen LogP contribution in [0.15, 0.2) is 53.6 Å². The number of amides is 2. The summed E-state index contributed by atoms with van der Waals surface area (Å²) in [6, 6.07) is 13.3. The SMILES string of the molecule is COc1ccc2nccc(C3(O)CCN(CC4CN(c5ccc6c(c5)NC(=O)CS6)C(=O)O4)CC3)c2c1. The van der Waals surface area contributed by atoms with Gasteiger partial charge in [0.1, 0.15) is 11.9 Å². The molecule has 3 aliphatic rings. The standard InChI is InChI=1S/C27H28N4O5S/c1-35-18-3-4-22-20(13-18)21(6-9-28-22)27(34)7-10-30(11-8-27)14-19-15-31(26(33)36-19)17-2-5-24-23(12-17)29-25(32)16-37-24/h2-6,9,12-13,19,34H,7-8,10-11,14-16H2,1H3,(H,29,32). The van der Waals surface area contributed by atoms with Gasteiger partial charge in [0.05, 0.1) is 36.2 Å². The molecule has 9 nitrogen and oxygen atoms in total. The van der Waals surface area contributed by atoms with Gasteiger partial charge in [0.25, 0.3) is 0 Å². The molecule has 2 aromatic carbocycles. The van der Waals surface area contributed by atoms with Gasteiger partial charge in [0.15, 0.2) is 0 Å². The average Bonchev–Trinajstić information content (AvgIpc) is 3.28. The number of aromatic nitrogens is 1. The Morgan fingerprint density at radius 2 is 2.03 bits per heavy atom. The Morgan fingerprint density at radius 3 is 2.84 bits per heavy atom. The molecule has 0 radical (unpaired) electrons. The van der Waals surface area contributed by atoms with E-state index in [1.54, 1.807) is 18.2 Å². The van der Waals surface area contributed by atoms with Gasteiger partial charge in [-0.25, -0.2) is 4.79 Å². The number of cyclic esters (lactones) is 1. The van der Waals surface area contributed by atoms with E-state index in [0.717, 1.165) is 32.8 Å². The molecule has 6 rings (SSSR count). The summed E-state index contributed by atoms with van der Waals surface area (Å²) < 4.78 is 11.1. The number of rotatable bonds is 5. The molecule has 2 N–H and O–H groups in total. The monoisotopic (exact) mass is 520 g/mol. The molecular formula is C27H28N4O5S. The number of pyridine rings is 1. The maximum atomic E-state index is 12.7. The number of hydrogen-bond acceptors (Lipinski definition) is 8. The lowest BCUT2D eigenvalue weighted by Crippen LogP contribution is -2.45. The van der Waals surface area contributed by atoms with Crippen molar-refractivity contribution in [2.45, 2.75) is 29.4 Å². The number of likely N-dealkylation sites (tertiary alicyclic amines) is 1. The molecule has 0 bridgehead atoms. The van der Waals surface area contributed by atoms with Crippen LogP contribution in [0.1, 0.15) is 18.4 Å². The van der Waals surface area contributed by atoms with E-state index in [2.05, 4.69) is 15.2 Å². The van der Waals surface area contributed by atoms with Gasteiger partial charge in [0.2, 0.25) is 5.91 Å². The van der Waals surface area contributed by atoms with Gasteiger partial charge in [-0.15, -0.1) is 11.8 Å². The van der Waals surface area contributed by atoms with Crippen LogP contribution in [0.25, 0.3) is 10.9 Å². The Bertz CT molecular complexity index is 1370. The van der Waals surface area contributed by atoms with Crippen molar-refractivity contribution < 1.29 is 24.2 Å². The molecule has 1 unspecified atom stereocenters. The quantitative estimate of drug-likeness (QED) is 0.526. The number of piperidine rings is 1. The summed E-state index contributed by atoms with van der Waals surface area (Å²) in [5.74, 6) is 1.09. The Labute approximate surface area is 218 Å². The number of thioether (sulfide) groups is 1. The molecule has 1 aromatic heterocycles. The van der Waals surface area contributed by atoms with Crippen molar-refractivity contribution in [2.75, 3.05) is 49.3 Å². The first-order chi connectivity index (χ1) is 17.9. The lowest BCUT2D eigenvalue weighted by molar-refractivity contribution is -0.113. The summed E-state index contributed by atoms with van der Waals surface area (Å²) in [6.45, 7) is 2.40. The third-order valence-corrected chi connectivity index (χ3v) is 8.45. The summed E-state index contributed by atoms with van der Waals surface area (Å²) >= 11 is 1.49. The summed E-state index contributed by atoms with van der Waals surface area (Å²) in [7, 11) is 1.63. The molecule has 0 spiro atoms. The molecule has 1 atom stereocenters. The maximum Gasteiger partial charge on any atom is 0.414 e. The van der Waals surface area contributed by atoms with Crippen molar-refractivity contribution in [3.8, 4) is 5.75 Å². The molecule has 192 valence electrons. The van der Waals surface area contributed by atoms with Crippen molar-refractivity contribution >= 4 is 46.0 Å². The highest BCUT2D eigenvalue weighted by Gasteiger charge is 2.39. The largest absolute Gasteiger partial charge is 0.497 e. The van der Waals surface area contributed by atoms with Crippen LogP contribution in [-0.4, -0.2) is 72.1 Å². The Hall–Kier alpha value is -3.34.